The first-order valence-electron chi connectivity index (χ1n) is 7.27. The van der Waals surface area contributed by atoms with Gasteiger partial charge in [0.25, 0.3) is 5.91 Å². The molecule has 2 aromatic rings. The van der Waals surface area contributed by atoms with Gasteiger partial charge in [-0.3, -0.25) is 9.59 Å². The number of likely N-dealkylation sites (tertiary alicyclic amines) is 1. The number of carbonyl (C=O) groups excluding carboxylic acids is 1. The molecule has 1 aliphatic heterocycles. The fraction of sp³-hybridized carbons (Fsp3) is 0.312. The molecule has 2 heterocycles. The molecule has 1 fully saturated rings. The molecule has 6 heteroatoms. The highest BCUT2D eigenvalue weighted by Crippen LogP contribution is 2.12. The first-order chi connectivity index (χ1) is 10.6. The molecule has 1 saturated heterocycles. The first-order valence-corrected chi connectivity index (χ1v) is 7.27. The predicted octanol–water partition coefficient (Wildman–Crippen LogP) is 0.714. The molecule has 6 nitrogen and oxygen atoms in total. The zero-order chi connectivity index (χ0) is 15.7. The van der Waals surface area contributed by atoms with Crippen molar-refractivity contribution in [1.82, 2.24) is 14.7 Å². The van der Waals surface area contributed by atoms with Crippen LogP contribution in [0.1, 0.15) is 22.6 Å². The molecule has 2 N–H and O–H groups in total. The standard InChI is InChI=1S/C16H18N4O2/c1-11-9-14(21)15(16(22)19-8-7-12(17)10-19)18-20(11)13-5-3-2-4-6-13/h2-6,9,12H,7-8,10,17H2,1H3/t12-/m1/s1. The Kier molecular flexibility index (Phi) is 3.77. The SMILES string of the molecule is Cc1cc(=O)c(C(=O)N2CC[C@@H](N)C2)nn1-c1ccccc1. The van der Waals surface area contributed by atoms with Crippen LogP contribution in [-0.4, -0.2) is 39.7 Å². The van der Waals surface area contributed by atoms with Gasteiger partial charge in [0.2, 0.25) is 5.43 Å². The quantitative estimate of drug-likeness (QED) is 0.885. The van der Waals surface area contributed by atoms with E-state index < -0.39 is 0 Å². The van der Waals surface area contributed by atoms with E-state index >= 15 is 0 Å². The average molecular weight is 298 g/mol. The van der Waals surface area contributed by atoms with Gasteiger partial charge in [-0.2, -0.15) is 5.10 Å². The summed E-state index contributed by atoms with van der Waals surface area (Å²) < 4.78 is 1.62. The molecule has 114 valence electrons. The fourth-order valence-corrected chi connectivity index (χ4v) is 2.65. The van der Waals surface area contributed by atoms with Crippen LogP contribution in [0.25, 0.3) is 5.69 Å². The lowest BCUT2D eigenvalue weighted by Gasteiger charge is -2.16. The number of aryl methyl sites for hydroxylation is 1. The monoisotopic (exact) mass is 298 g/mol. The number of amides is 1. The smallest absolute Gasteiger partial charge is 0.278 e. The van der Waals surface area contributed by atoms with Crippen molar-refractivity contribution >= 4 is 5.91 Å². The molecule has 0 aliphatic carbocycles. The summed E-state index contributed by atoms with van der Waals surface area (Å²) in [5.74, 6) is -0.345. The maximum absolute atomic E-state index is 12.5. The second-order valence-electron chi connectivity index (χ2n) is 5.55. The minimum absolute atomic E-state index is 0.0225. The van der Waals surface area contributed by atoms with Gasteiger partial charge in [-0.15, -0.1) is 0 Å². The van der Waals surface area contributed by atoms with Crippen molar-refractivity contribution in [2.45, 2.75) is 19.4 Å². The predicted molar refractivity (Wildman–Crippen MR) is 83.1 cm³/mol. The van der Waals surface area contributed by atoms with Crippen LogP contribution in [-0.2, 0) is 0 Å². The van der Waals surface area contributed by atoms with E-state index in [2.05, 4.69) is 5.10 Å². The first kappa shape index (κ1) is 14.5. The Hall–Kier alpha value is -2.47. The Morgan fingerprint density at radius 1 is 1.32 bits per heavy atom. The van der Waals surface area contributed by atoms with Crippen LogP contribution in [0, 0.1) is 6.92 Å². The summed E-state index contributed by atoms with van der Waals surface area (Å²) in [5.41, 5.74) is 6.92. The third kappa shape index (κ3) is 2.65. The maximum atomic E-state index is 12.5. The second kappa shape index (κ2) is 5.73. The zero-order valence-electron chi connectivity index (χ0n) is 12.4. The molecule has 0 bridgehead atoms. The molecule has 0 saturated carbocycles. The van der Waals surface area contributed by atoms with Gasteiger partial charge < -0.3 is 10.6 Å². The Morgan fingerprint density at radius 3 is 2.68 bits per heavy atom. The number of benzene rings is 1. The molecule has 0 radical (unpaired) electrons. The van der Waals surface area contributed by atoms with E-state index in [4.69, 9.17) is 5.73 Å². The lowest BCUT2D eigenvalue weighted by Crippen LogP contribution is -2.36. The van der Waals surface area contributed by atoms with Crippen molar-refractivity contribution in [2.24, 2.45) is 5.73 Å². The van der Waals surface area contributed by atoms with Crippen LogP contribution in [0.15, 0.2) is 41.2 Å². The topological polar surface area (TPSA) is 81.2 Å². The molecule has 22 heavy (non-hydrogen) atoms. The largest absolute Gasteiger partial charge is 0.336 e. The Labute approximate surface area is 128 Å². The third-order valence-corrected chi connectivity index (χ3v) is 3.82. The number of nitrogens with two attached hydrogens (primary N) is 1. The summed E-state index contributed by atoms with van der Waals surface area (Å²) in [6.45, 7) is 2.83. The van der Waals surface area contributed by atoms with Gasteiger partial charge in [-0.1, -0.05) is 18.2 Å². The van der Waals surface area contributed by atoms with Crippen molar-refractivity contribution < 1.29 is 4.79 Å². The maximum Gasteiger partial charge on any atom is 0.278 e. The summed E-state index contributed by atoms with van der Waals surface area (Å²) in [4.78, 5) is 26.2. The van der Waals surface area contributed by atoms with Gasteiger partial charge in [0.1, 0.15) is 0 Å². The Bertz CT molecular complexity index is 754. The fourth-order valence-electron chi connectivity index (χ4n) is 2.65. The number of hydrogen-bond donors (Lipinski definition) is 1. The molecular weight excluding hydrogens is 280 g/mol. The van der Waals surface area contributed by atoms with Crippen LogP contribution in [0.5, 0.6) is 0 Å². The van der Waals surface area contributed by atoms with Crippen molar-refractivity contribution in [1.29, 1.82) is 0 Å². The number of hydrogen-bond acceptors (Lipinski definition) is 4. The minimum atomic E-state index is -0.352. The molecule has 0 spiro atoms. The summed E-state index contributed by atoms with van der Waals surface area (Å²) in [6, 6.07) is 10.9. The summed E-state index contributed by atoms with van der Waals surface area (Å²) in [5, 5.41) is 4.28. The summed E-state index contributed by atoms with van der Waals surface area (Å²) >= 11 is 0. The number of nitrogens with zero attached hydrogens (tertiary/aromatic N) is 3. The Balaban J connectivity index is 2.02. The number of carbonyl (C=O) groups is 1. The van der Waals surface area contributed by atoms with Crippen molar-refractivity contribution in [2.75, 3.05) is 13.1 Å². The Morgan fingerprint density at radius 2 is 2.05 bits per heavy atom. The highest BCUT2D eigenvalue weighted by atomic mass is 16.2. The number of aromatic nitrogens is 2. The van der Waals surface area contributed by atoms with E-state index in [1.807, 2.05) is 30.3 Å². The molecule has 1 aliphatic rings. The number of rotatable bonds is 2. The van der Waals surface area contributed by atoms with E-state index in [0.29, 0.717) is 18.8 Å². The van der Waals surface area contributed by atoms with E-state index in [0.717, 1.165) is 12.1 Å². The molecule has 1 aromatic carbocycles. The van der Waals surface area contributed by atoms with Gasteiger partial charge in [0.05, 0.1) is 5.69 Å². The van der Waals surface area contributed by atoms with Crippen LogP contribution >= 0.6 is 0 Å². The van der Waals surface area contributed by atoms with Crippen LogP contribution in [0.4, 0.5) is 0 Å². The molecule has 3 rings (SSSR count). The van der Waals surface area contributed by atoms with Crippen molar-refractivity contribution in [3.8, 4) is 5.69 Å². The lowest BCUT2D eigenvalue weighted by atomic mass is 10.2. The highest BCUT2D eigenvalue weighted by molar-refractivity contribution is 5.92. The normalized spacial score (nSPS) is 17.7. The summed E-state index contributed by atoms with van der Waals surface area (Å²) in [7, 11) is 0. The van der Waals surface area contributed by atoms with Crippen LogP contribution in [0.3, 0.4) is 0 Å². The molecule has 1 amide bonds. The molecule has 1 atom stereocenters. The van der Waals surface area contributed by atoms with Gasteiger partial charge >= 0.3 is 0 Å². The van der Waals surface area contributed by atoms with Crippen LogP contribution in [0.2, 0.25) is 0 Å². The minimum Gasteiger partial charge on any atom is -0.336 e. The third-order valence-electron chi connectivity index (χ3n) is 3.82. The van der Waals surface area contributed by atoms with Gasteiger partial charge in [0, 0.05) is 30.9 Å². The van der Waals surface area contributed by atoms with Gasteiger partial charge in [-0.05, 0) is 25.5 Å². The van der Waals surface area contributed by atoms with E-state index in [1.54, 1.807) is 16.5 Å². The highest BCUT2D eigenvalue weighted by Gasteiger charge is 2.27. The van der Waals surface area contributed by atoms with Crippen molar-refractivity contribution in [3.05, 3.63) is 58.0 Å². The van der Waals surface area contributed by atoms with Crippen molar-refractivity contribution in [3.63, 3.8) is 0 Å². The number of para-hydroxylation sites is 1. The summed E-state index contributed by atoms with van der Waals surface area (Å²) in [6.07, 6.45) is 0.754. The molecule has 0 unspecified atom stereocenters. The zero-order valence-corrected chi connectivity index (χ0v) is 12.4. The van der Waals surface area contributed by atoms with Gasteiger partial charge in [-0.25, -0.2) is 4.68 Å². The van der Waals surface area contributed by atoms with E-state index in [-0.39, 0.29) is 23.1 Å². The van der Waals surface area contributed by atoms with Gasteiger partial charge in [0.15, 0.2) is 5.69 Å². The van der Waals surface area contributed by atoms with E-state index in [9.17, 15) is 9.59 Å². The van der Waals surface area contributed by atoms with E-state index in [1.165, 1.54) is 6.07 Å². The lowest BCUT2D eigenvalue weighted by molar-refractivity contribution is 0.0781. The average Bonchev–Trinajstić information content (AvgIpc) is 2.94. The molecule has 1 aromatic heterocycles. The second-order valence-corrected chi connectivity index (χ2v) is 5.55. The van der Waals surface area contributed by atoms with Crippen LogP contribution < -0.4 is 11.2 Å². The molecular formula is C16H18N4O2.